The Morgan fingerprint density at radius 3 is 2.50 bits per heavy atom. The number of nitrogens with zero attached hydrogens (tertiary/aromatic N) is 4. The van der Waals surface area contributed by atoms with Crippen LogP contribution < -0.4 is 10.4 Å². The van der Waals surface area contributed by atoms with Gasteiger partial charge in [0.25, 0.3) is 5.91 Å². The number of pyridine rings is 1. The third kappa shape index (κ3) is 4.43. The predicted molar refractivity (Wildman–Crippen MR) is 137 cm³/mol. The molecule has 2 aliphatic heterocycles. The normalized spacial score (nSPS) is 19.2. The Morgan fingerprint density at radius 2 is 1.81 bits per heavy atom. The minimum absolute atomic E-state index is 0.0251. The van der Waals surface area contributed by atoms with Gasteiger partial charge in [0, 0.05) is 37.8 Å². The third-order valence-electron chi connectivity index (χ3n) is 7.30. The van der Waals surface area contributed by atoms with E-state index in [9.17, 15) is 19.5 Å². The molecule has 1 fully saturated rings. The lowest BCUT2D eigenvalue weighted by molar-refractivity contribution is -0.131. The summed E-state index contributed by atoms with van der Waals surface area (Å²) in [5.74, 6) is -1.00. The molecule has 5 rings (SSSR count). The van der Waals surface area contributed by atoms with E-state index in [1.54, 1.807) is 15.8 Å². The van der Waals surface area contributed by atoms with Crippen LogP contribution in [0.2, 0.25) is 0 Å². The number of carbonyl (C=O) groups excluding carboxylic acids is 2. The van der Waals surface area contributed by atoms with Gasteiger partial charge in [-0.15, -0.1) is 0 Å². The van der Waals surface area contributed by atoms with Crippen molar-refractivity contribution < 1.29 is 14.7 Å². The fourth-order valence-electron chi connectivity index (χ4n) is 5.37. The fraction of sp³-hybridized carbons (Fsp3) is 0.393. The zero-order chi connectivity index (χ0) is 25.2. The highest BCUT2D eigenvalue weighted by Crippen LogP contribution is 2.35. The van der Waals surface area contributed by atoms with Gasteiger partial charge in [-0.2, -0.15) is 0 Å². The maximum absolute atomic E-state index is 13.6. The first-order chi connectivity index (χ1) is 17.5. The Morgan fingerprint density at radius 1 is 1.06 bits per heavy atom. The van der Waals surface area contributed by atoms with Gasteiger partial charge in [0.2, 0.25) is 11.3 Å². The number of aromatic nitrogens is 1. The van der Waals surface area contributed by atoms with Crippen molar-refractivity contribution in [2.45, 2.75) is 51.1 Å². The summed E-state index contributed by atoms with van der Waals surface area (Å²) in [7, 11) is 0. The average Bonchev–Trinajstić information content (AvgIpc) is 3.44. The monoisotopic (exact) mass is 488 g/mol. The zero-order valence-corrected chi connectivity index (χ0v) is 20.5. The summed E-state index contributed by atoms with van der Waals surface area (Å²) in [4.78, 5) is 42.4. The largest absolute Gasteiger partial charge is 0.502 e. The highest BCUT2D eigenvalue weighted by atomic mass is 16.3. The molecule has 1 N–H and O–H groups in total. The SMILES string of the molecule is CC(CC(=O)N1CCCC1)N1CN(C(C2=CCCC=C2)c2ccccc2)n2ccc(=O)c(O)c2C1=O. The molecule has 8 nitrogen and oxygen atoms in total. The first-order valence-corrected chi connectivity index (χ1v) is 12.7. The van der Waals surface area contributed by atoms with Gasteiger partial charge in [0.1, 0.15) is 6.67 Å². The van der Waals surface area contributed by atoms with Crippen molar-refractivity contribution in [2.24, 2.45) is 0 Å². The van der Waals surface area contributed by atoms with Crippen molar-refractivity contribution >= 4 is 11.8 Å². The minimum Gasteiger partial charge on any atom is -0.502 e. The van der Waals surface area contributed by atoms with Crippen LogP contribution in [0, 0.1) is 0 Å². The van der Waals surface area contributed by atoms with Crippen molar-refractivity contribution in [1.29, 1.82) is 0 Å². The standard InChI is InChI=1S/C28H32N4O4/c1-20(18-24(34)29-15-8-9-16-29)30-19-32(31-17-14-23(33)27(35)26(31)28(30)36)25(21-10-4-2-5-11-21)22-12-6-3-7-13-22/h2,4-6,10-14,17,20,25,35H,3,7-9,15-16,18-19H2,1H3. The molecule has 3 heterocycles. The van der Waals surface area contributed by atoms with E-state index in [4.69, 9.17) is 0 Å². The first-order valence-electron chi connectivity index (χ1n) is 12.7. The number of likely N-dealkylation sites (tertiary alicyclic amines) is 1. The molecule has 1 aromatic carbocycles. The second kappa shape index (κ2) is 10.0. The van der Waals surface area contributed by atoms with Crippen LogP contribution in [0.1, 0.15) is 61.1 Å². The number of aromatic hydroxyl groups is 1. The van der Waals surface area contributed by atoms with Crippen molar-refractivity contribution in [3.05, 3.63) is 87.9 Å². The lowest BCUT2D eigenvalue weighted by Crippen LogP contribution is -2.58. The van der Waals surface area contributed by atoms with Crippen molar-refractivity contribution in [1.82, 2.24) is 14.5 Å². The number of rotatable bonds is 6. The maximum Gasteiger partial charge on any atom is 0.278 e. The molecule has 0 bridgehead atoms. The van der Waals surface area contributed by atoms with Gasteiger partial charge >= 0.3 is 0 Å². The summed E-state index contributed by atoms with van der Waals surface area (Å²) < 4.78 is 1.60. The van der Waals surface area contributed by atoms with Crippen LogP contribution in [-0.2, 0) is 4.79 Å². The van der Waals surface area contributed by atoms with Crippen LogP contribution in [0.15, 0.2) is 71.2 Å². The first kappa shape index (κ1) is 23.9. The van der Waals surface area contributed by atoms with Gasteiger partial charge in [-0.1, -0.05) is 48.6 Å². The zero-order valence-electron chi connectivity index (χ0n) is 20.5. The van der Waals surface area contributed by atoms with E-state index < -0.39 is 23.1 Å². The van der Waals surface area contributed by atoms with E-state index in [0.717, 1.165) is 49.9 Å². The number of benzene rings is 1. The Labute approximate surface area is 210 Å². The van der Waals surface area contributed by atoms with E-state index in [1.807, 2.05) is 47.2 Å². The van der Waals surface area contributed by atoms with Gasteiger partial charge in [-0.25, -0.2) is 0 Å². The molecule has 2 amide bonds. The summed E-state index contributed by atoms with van der Waals surface area (Å²) >= 11 is 0. The number of carbonyl (C=O) groups is 2. The molecular formula is C28H32N4O4. The molecule has 0 saturated carbocycles. The number of fused-ring (bicyclic) bond motifs is 1. The fourth-order valence-corrected chi connectivity index (χ4v) is 5.37. The Bertz CT molecular complexity index is 1260. The van der Waals surface area contributed by atoms with Gasteiger partial charge < -0.3 is 14.9 Å². The van der Waals surface area contributed by atoms with Crippen LogP contribution in [0.4, 0.5) is 0 Å². The highest BCUT2D eigenvalue weighted by Gasteiger charge is 2.39. The molecule has 3 aliphatic rings. The smallest absolute Gasteiger partial charge is 0.278 e. The van der Waals surface area contributed by atoms with Crippen LogP contribution in [0.5, 0.6) is 5.75 Å². The molecule has 188 valence electrons. The van der Waals surface area contributed by atoms with Crippen LogP contribution in [-0.4, -0.2) is 57.2 Å². The lowest BCUT2D eigenvalue weighted by Gasteiger charge is -2.46. The van der Waals surface area contributed by atoms with Gasteiger partial charge in [-0.05, 0) is 43.7 Å². The quantitative estimate of drug-likeness (QED) is 0.674. The lowest BCUT2D eigenvalue weighted by atomic mass is 9.93. The molecule has 2 unspecified atom stereocenters. The van der Waals surface area contributed by atoms with E-state index in [2.05, 4.69) is 18.2 Å². The minimum atomic E-state index is -0.606. The number of allylic oxidation sites excluding steroid dienone is 2. The van der Waals surface area contributed by atoms with Crippen molar-refractivity contribution in [2.75, 3.05) is 24.8 Å². The average molecular weight is 489 g/mol. The van der Waals surface area contributed by atoms with Crippen LogP contribution in [0.3, 0.4) is 0 Å². The van der Waals surface area contributed by atoms with Crippen molar-refractivity contribution in [3.63, 3.8) is 0 Å². The second-order valence-corrected chi connectivity index (χ2v) is 9.72. The van der Waals surface area contributed by atoms with E-state index in [-0.39, 0.29) is 30.7 Å². The molecule has 8 heteroatoms. The molecular weight excluding hydrogens is 456 g/mol. The Kier molecular flexibility index (Phi) is 6.67. The molecule has 2 aromatic rings. The van der Waals surface area contributed by atoms with Gasteiger partial charge in [-0.3, -0.25) is 24.1 Å². The molecule has 1 aromatic heterocycles. The topological polar surface area (TPSA) is 86.1 Å². The highest BCUT2D eigenvalue weighted by molar-refractivity contribution is 5.96. The summed E-state index contributed by atoms with van der Waals surface area (Å²) in [6.07, 6.45) is 12.1. The Balaban J connectivity index is 1.57. The summed E-state index contributed by atoms with van der Waals surface area (Å²) in [5.41, 5.74) is 1.42. The summed E-state index contributed by atoms with van der Waals surface area (Å²) in [6.45, 7) is 3.56. The maximum atomic E-state index is 13.6. The van der Waals surface area contributed by atoms with E-state index in [1.165, 1.54) is 6.07 Å². The van der Waals surface area contributed by atoms with E-state index >= 15 is 0 Å². The summed E-state index contributed by atoms with van der Waals surface area (Å²) in [6, 6.07) is 10.6. The summed E-state index contributed by atoms with van der Waals surface area (Å²) in [5, 5.41) is 12.7. The van der Waals surface area contributed by atoms with E-state index in [0.29, 0.717) is 0 Å². The van der Waals surface area contributed by atoms with Gasteiger partial charge in [0.15, 0.2) is 11.4 Å². The predicted octanol–water partition coefficient (Wildman–Crippen LogP) is 3.32. The number of amides is 2. The van der Waals surface area contributed by atoms with Crippen LogP contribution in [0.25, 0.3) is 0 Å². The van der Waals surface area contributed by atoms with Crippen LogP contribution >= 0.6 is 0 Å². The molecule has 1 saturated heterocycles. The second-order valence-electron chi connectivity index (χ2n) is 9.72. The Hall–Kier alpha value is -3.81. The third-order valence-corrected chi connectivity index (χ3v) is 7.30. The number of hydrogen-bond donors (Lipinski definition) is 1. The molecule has 1 aliphatic carbocycles. The van der Waals surface area contributed by atoms with Gasteiger partial charge in [0.05, 0.1) is 6.04 Å². The van der Waals surface area contributed by atoms with Crippen molar-refractivity contribution in [3.8, 4) is 5.75 Å². The molecule has 0 radical (unpaired) electrons. The molecule has 2 atom stereocenters. The molecule has 36 heavy (non-hydrogen) atoms. The molecule has 0 spiro atoms. The number of hydrogen-bond acceptors (Lipinski definition) is 5.